The van der Waals surface area contributed by atoms with Crippen molar-refractivity contribution in [1.82, 2.24) is 9.55 Å². The van der Waals surface area contributed by atoms with Crippen LogP contribution < -0.4 is 5.73 Å². The summed E-state index contributed by atoms with van der Waals surface area (Å²) < 4.78 is 1.18. The van der Waals surface area contributed by atoms with E-state index in [-0.39, 0.29) is 17.4 Å². The van der Waals surface area contributed by atoms with Crippen molar-refractivity contribution >= 4 is 17.6 Å². The minimum Gasteiger partial charge on any atom is -0.364 e. The van der Waals surface area contributed by atoms with Crippen LogP contribution in [0, 0.1) is 0 Å². The van der Waals surface area contributed by atoms with Crippen LogP contribution in [0.5, 0.6) is 0 Å². The van der Waals surface area contributed by atoms with Crippen LogP contribution in [0.3, 0.4) is 0 Å². The summed E-state index contributed by atoms with van der Waals surface area (Å²) in [6.45, 7) is 1.61. The van der Waals surface area contributed by atoms with Gasteiger partial charge in [-0.15, -0.1) is 5.11 Å². The molecule has 0 bridgehead atoms. The Morgan fingerprint density at radius 3 is 3.00 bits per heavy atom. The van der Waals surface area contributed by atoms with Gasteiger partial charge in [0.1, 0.15) is 12.4 Å². The van der Waals surface area contributed by atoms with Crippen molar-refractivity contribution in [2.24, 2.45) is 16.0 Å². The predicted octanol–water partition coefficient (Wildman–Crippen LogP) is 0.108. The molecule has 1 unspecified atom stereocenters. The standard InChI is InChI=1S/C7H7N5O2/c1-3-7(14)12-2-9-4(5(8)13)6(12)11-10-3/h2-3H,1H3,(H2,8,13). The van der Waals surface area contributed by atoms with Crippen molar-refractivity contribution in [3.05, 3.63) is 12.0 Å². The molecule has 1 aliphatic rings. The molecule has 1 aliphatic heterocycles. The molecule has 0 aromatic carbocycles. The van der Waals surface area contributed by atoms with E-state index in [0.717, 1.165) is 0 Å². The third kappa shape index (κ3) is 1.02. The highest BCUT2D eigenvalue weighted by Gasteiger charge is 2.26. The molecule has 1 atom stereocenters. The van der Waals surface area contributed by atoms with Gasteiger partial charge in [0.2, 0.25) is 0 Å². The highest BCUT2D eigenvalue weighted by molar-refractivity contribution is 5.98. The lowest BCUT2D eigenvalue weighted by Crippen LogP contribution is -2.24. The second-order valence-corrected chi connectivity index (χ2v) is 2.88. The number of rotatable bonds is 1. The molecule has 0 fully saturated rings. The minimum absolute atomic E-state index is 0.0333. The Balaban J connectivity index is 2.59. The maximum Gasteiger partial charge on any atom is 0.271 e. The molecule has 2 rings (SSSR count). The van der Waals surface area contributed by atoms with Crippen LogP contribution >= 0.6 is 0 Å². The van der Waals surface area contributed by atoms with Gasteiger partial charge >= 0.3 is 0 Å². The predicted molar refractivity (Wildman–Crippen MR) is 45.3 cm³/mol. The molecule has 72 valence electrons. The molecule has 1 aromatic rings. The maximum absolute atomic E-state index is 11.5. The van der Waals surface area contributed by atoms with Gasteiger partial charge in [-0.2, -0.15) is 5.11 Å². The number of nitrogens with two attached hydrogens (primary N) is 1. The summed E-state index contributed by atoms with van der Waals surface area (Å²) in [5.74, 6) is -0.879. The van der Waals surface area contributed by atoms with Crippen molar-refractivity contribution < 1.29 is 9.59 Å². The van der Waals surface area contributed by atoms with Crippen molar-refractivity contribution in [2.75, 3.05) is 0 Å². The van der Waals surface area contributed by atoms with E-state index in [2.05, 4.69) is 15.2 Å². The normalized spacial score (nSPS) is 19.5. The van der Waals surface area contributed by atoms with Crippen molar-refractivity contribution in [2.45, 2.75) is 13.0 Å². The molecule has 0 saturated carbocycles. The smallest absolute Gasteiger partial charge is 0.271 e. The van der Waals surface area contributed by atoms with E-state index in [1.807, 2.05) is 0 Å². The fourth-order valence-electron chi connectivity index (χ4n) is 1.16. The highest BCUT2D eigenvalue weighted by Crippen LogP contribution is 2.23. The number of amides is 1. The lowest BCUT2D eigenvalue weighted by molar-refractivity contribution is 0.0879. The van der Waals surface area contributed by atoms with E-state index in [1.165, 1.54) is 10.9 Å². The topological polar surface area (TPSA) is 103 Å². The molecule has 2 heterocycles. The first-order valence-electron chi connectivity index (χ1n) is 3.93. The Labute approximate surface area is 78.6 Å². The fraction of sp³-hybridized carbons (Fsp3) is 0.286. The van der Waals surface area contributed by atoms with Crippen LogP contribution in [-0.4, -0.2) is 27.4 Å². The summed E-state index contributed by atoms with van der Waals surface area (Å²) in [7, 11) is 0. The lowest BCUT2D eigenvalue weighted by Gasteiger charge is -2.10. The zero-order valence-corrected chi connectivity index (χ0v) is 7.34. The molecular weight excluding hydrogens is 186 g/mol. The first kappa shape index (κ1) is 8.54. The third-order valence-corrected chi connectivity index (χ3v) is 1.90. The molecule has 0 spiro atoms. The summed E-state index contributed by atoms with van der Waals surface area (Å²) in [6, 6.07) is -0.544. The number of imidazole rings is 1. The number of carbonyl (C=O) groups excluding carboxylic acids is 2. The quantitative estimate of drug-likeness (QED) is 0.684. The SMILES string of the molecule is CC1N=Nc2c(C(N)=O)ncn2C1=O. The molecule has 1 amide bonds. The summed E-state index contributed by atoms with van der Waals surface area (Å²) in [5, 5.41) is 7.38. The van der Waals surface area contributed by atoms with Gasteiger partial charge in [0, 0.05) is 0 Å². The van der Waals surface area contributed by atoms with Gasteiger partial charge in [-0.1, -0.05) is 0 Å². The zero-order valence-electron chi connectivity index (χ0n) is 7.34. The number of aromatic nitrogens is 2. The first-order chi connectivity index (χ1) is 6.61. The van der Waals surface area contributed by atoms with Crippen LogP contribution in [0.25, 0.3) is 0 Å². The number of carbonyl (C=O) groups is 2. The molecule has 7 heteroatoms. The maximum atomic E-state index is 11.5. The molecule has 0 saturated heterocycles. The van der Waals surface area contributed by atoms with E-state index >= 15 is 0 Å². The van der Waals surface area contributed by atoms with E-state index in [4.69, 9.17) is 5.73 Å². The van der Waals surface area contributed by atoms with Gasteiger partial charge in [-0.05, 0) is 6.92 Å². The van der Waals surface area contributed by atoms with Gasteiger partial charge in [0.15, 0.2) is 11.5 Å². The van der Waals surface area contributed by atoms with Gasteiger partial charge in [-0.3, -0.25) is 9.59 Å². The molecule has 0 radical (unpaired) electrons. The average molecular weight is 193 g/mol. The number of fused-ring (bicyclic) bond motifs is 1. The van der Waals surface area contributed by atoms with Gasteiger partial charge in [0.25, 0.3) is 11.8 Å². The number of hydrogen-bond donors (Lipinski definition) is 1. The van der Waals surface area contributed by atoms with Crippen molar-refractivity contribution in [3.8, 4) is 0 Å². The Bertz CT molecular complexity index is 447. The van der Waals surface area contributed by atoms with E-state index in [1.54, 1.807) is 6.92 Å². The Kier molecular flexibility index (Phi) is 1.66. The number of nitrogens with zero attached hydrogens (tertiary/aromatic N) is 4. The fourth-order valence-corrected chi connectivity index (χ4v) is 1.16. The zero-order chi connectivity index (χ0) is 10.3. The average Bonchev–Trinajstić information content (AvgIpc) is 2.55. The number of primary amides is 1. The van der Waals surface area contributed by atoms with Crippen LogP contribution in [-0.2, 0) is 0 Å². The first-order valence-corrected chi connectivity index (χ1v) is 3.93. The second kappa shape index (κ2) is 2.72. The summed E-state index contributed by atoms with van der Waals surface area (Å²) in [5.41, 5.74) is 5.00. The highest BCUT2D eigenvalue weighted by atomic mass is 16.2. The third-order valence-electron chi connectivity index (χ3n) is 1.90. The lowest BCUT2D eigenvalue weighted by atomic mass is 10.3. The van der Waals surface area contributed by atoms with E-state index < -0.39 is 11.9 Å². The summed E-state index contributed by atoms with van der Waals surface area (Å²) in [6.07, 6.45) is 1.23. The molecule has 1 aromatic heterocycles. The minimum atomic E-state index is -0.722. The van der Waals surface area contributed by atoms with E-state index in [9.17, 15) is 9.59 Å². The van der Waals surface area contributed by atoms with Crippen LogP contribution in [0.2, 0.25) is 0 Å². The summed E-state index contributed by atoms with van der Waals surface area (Å²) in [4.78, 5) is 26.0. The van der Waals surface area contributed by atoms with Gasteiger partial charge in [-0.25, -0.2) is 9.55 Å². The van der Waals surface area contributed by atoms with Crippen LogP contribution in [0.1, 0.15) is 22.2 Å². The molecule has 0 aliphatic carbocycles. The van der Waals surface area contributed by atoms with E-state index in [0.29, 0.717) is 0 Å². The number of hydrogen-bond acceptors (Lipinski definition) is 5. The molecule has 14 heavy (non-hydrogen) atoms. The van der Waals surface area contributed by atoms with Crippen molar-refractivity contribution in [1.29, 1.82) is 0 Å². The summed E-state index contributed by atoms with van der Waals surface area (Å²) >= 11 is 0. The second-order valence-electron chi connectivity index (χ2n) is 2.88. The monoisotopic (exact) mass is 193 g/mol. The van der Waals surface area contributed by atoms with Crippen LogP contribution in [0.15, 0.2) is 16.6 Å². The number of azo groups is 1. The Morgan fingerprint density at radius 2 is 2.36 bits per heavy atom. The van der Waals surface area contributed by atoms with Crippen LogP contribution in [0.4, 0.5) is 5.82 Å². The molecular formula is C7H7N5O2. The van der Waals surface area contributed by atoms with Gasteiger partial charge < -0.3 is 5.73 Å². The van der Waals surface area contributed by atoms with Gasteiger partial charge in [0.05, 0.1) is 0 Å². The Hall–Kier alpha value is -2.05. The largest absolute Gasteiger partial charge is 0.364 e. The van der Waals surface area contributed by atoms with Crippen molar-refractivity contribution in [3.63, 3.8) is 0 Å². The molecule has 7 nitrogen and oxygen atoms in total. The molecule has 2 N–H and O–H groups in total. The Morgan fingerprint density at radius 1 is 1.64 bits per heavy atom.